The molecule has 1 aromatic heterocycles. The van der Waals surface area contributed by atoms with Crippen molar-refractivity contribution in [3.05, 3.63) is 46.5 Å². The van der Waals surface area contributed by atoms with Crippen molar-refractivity contribution in [1.29, 1.82) is 0 Å². The second-order valence-corrected chi connectivity index (χ2v) is 6.74. The third kappa shape index (κ3) is 2.39. The molecule has 19 heavy (non-hydrogen) atoms. The molecule has 2 aliphatic rings. The topological polar surface area (TPSA) is 24.9 Å². The van der Waals surface area contributed by atoms with Crippen LogP contribution in [0.15, 0.2) is 30.3 Å². The van der Waals surface area contributed by atoms with Crippen molar-refractivity contribution in [2.75, 3.05) is 5.32 Å². The molecule has 0 spiro atoms. The van der Waals surface area contributed by atoms with Crippen LogP contribution in [0.1, 0.15) is 41.3 Å². The molecule has 1 heterocycles. The van der Waals surface area contributed by atoms with E-state index in [-0.39, 0.29) is 0 Å². The fraction of sp³-hybridized carbons (Fsp3) is 0.438. The van der Waals surface area contributed by atoms with E-state index in [4.69, 9.17) is 4.98 Å². The van der Waals surface area contributed by atoms with Crippen molar-refractivity contribution < 1.29 is 0 Å². The van der Waals surface area contributed by atoms with Crippen molar-refractivity contribution >= 4 is 16.5 Å². The molecule has 1 N–H and O–H groups in total. The minimum absolute atomic E-state index is 0.683. The monoisotopic (exact) mass is 270 g/mol. The van der Waals surface area contributed by atoms with Crippen molar-refractivity contribution in [3.63, 3.8) is 0 Å². The molecule has 1 aromatic carbocycles. The molecule has 0 radical (unpaired) electrons. The van der Waals surface area contributed by atoms with Crippen LogP contribution >= 0.6 is 11.3 Å². The lowest BCUT2D eigenvalue weighted by atomic mass is 9.85. The number of nitrogens with zero attached hydrogens (tertiary/aromatic N) is 1. The summed E-state index contributed by atoms with van der Waals surface area (Å²) in [6.07, 6.45) is 6.18. The van der Waals surface area contributed by atoms with E-state index in [9.17, 15) is 0 Å². The van der Waals surface area contributed by atoms with Crippen molar-refractivity contribution in [2.24, 2.45) is 0 Å². The van der Waals surface area contributed by atoms with E-state index >= 15 is 0 Å². The maximum absolute atomic E-state index is 4.77. The van der Waals surface area contributed by atoms with Gasteiger partial charge < -0.3 is 5.32 Å². The first-order chi connectivity index (χ1) is 9.38. The van der Waals surface area contributed by atoms with Crippen LogP contribution in [0.4, 0.5) is 5.13 Å². The van der Waals surface area contributed by atoms with E-state index in [0.29, 0.717) is 12.0 Å². The first-order valence-electron chi connectivity index (χ1n) is 7.18. The minimum Gasteiger partial charge on any atom is -0.359 e. The smallest absolute Gasteiger partial charge is 0.183 e. The molecule has 2 aromatic rings. The normalized spacial score (nSPS) is 22.0. The minimum atomic E-state index is 0.683. The molecule has 0 amide bonds. The van der Waals surface area contributed by atoms with Crippen LogP contribution in [-0.2, 0) is 12.8 Å². The Kier molecular flexibility index (Phi) is 2.80. The van der Waals surface area contributed by atoms with Crippen molar-refractivity contribution in [3.8, 4) is 0 Å². The maximum atomic E-state index is 4.77. The standard InChI is InChI=1S/C16H18N2S/c1-2-4-11(5-3-1)12-6-9-14-15(10-12)19-16(18-14)17-13-7-8-13/h1-5,12-13H,6-10H2,(H,17,18). The molecular weight excluding hydrogens is 252 g/mol. The lowest BCUT2D eigenvalue weighted by Gasteiger charge is -2.21. The molecule has 2 nitrogen and oxygen atoms in total. The zero-order valence-electron chi connectivity index (χ0n) is 10.9. The summed E-state index contributed by atoms with van der Waals surface area (Å²) < 4.78 is 0. The second-order valence-electron chi connectivity index (χ2n) is 5.66. The molecule has 0 aliphatic heterocycles. The van der Waals surface area contributed by atoms with Gasteiger partial charge in [0.2, 0.25) is 0 Å². The average molecular weight is 270 g/mol. The number of anilines is 1. The Labute approximate surface area is 117 Å². The van der Waals surface area contributed by atoms with E-state index in [1.807, 2.05) is 11.3 Å². The van der Waals surface area contributed by atoms with Crippen LogP contribution in [0.25, 0.3) is 0 Å². The second kappa shape index (κ2) is 4.64. The fourth-order valence-corrected chi connectivity index (χ4v) is 4.01. The van der Waals surface area contributed by atoms with Crippen LogP contribution < -0.4 is 5.32 Å². The maximum Gasteiger partial charge on any atom is 0.183 e. The summed E-state index contributed by atoms with van der Waals surface area (Å²) in [5, 5.41) is 4.69. The van der Waals surface area contributed by atoms with Crippen molar-refractivity contribution in [1.82, 2.24) is 4.98 Å². The van der Waals surface area contributed by atoms with Gasteiger partial charge in [-0.15, -0.1) is 11.3 Å². The summed E-state index contributed by atoms with van der Waals surface area (Å²) in [7, 11) is 0. The van der Waals surface area contributed by atoms with E-state index in [0.717, 1.165) is 11.6 Å². The largest absolute Gasteiger partial charge is 0.359 e. The third-order valence-electron chi connectivity index (χ3n) is 4.12. The number of thiazole rings is 1. The van der Waals surface area contributed by atoms with Gasteiger partial charge in [-0.05, 0) is 43.6 Å². The molecule has 1 atom stereocenters. The number of rotatable bonds is 3. The van der Waals surface area contributed by atoms with Gasteiger partial charge in [-0.1, -0.05) is 30.3 Å². The highest BCUT2D eigenvalue weighted by atomic mass is 32.1. The highest BCUT2D eigenvalue weighted by Gasteiger charge is 2.26. The van der Waals surface area contributed by atoms with Gasteiger partial charge in [-0.2, -0.15) is 0 Å². The summed E-state index contributed by atoms with van der Waals surface area (Å²) in [5.74, 6) is 0.683. The van der Waals surface area contributed by atoms with Gasteiger partial charge in [-0.3, -0.25) is 0 Å². The molecule has 2 aliphatic carbocycles. The fourth-order valence-electron chi connectivity index (χ4n) is 2.85. The van der Waals surface area contributed by atoms with Gasteiger partial charge in [0.15, 0.2) is 5.13 Å². The lowest BCUT2D eigenvalue weighted by molar-refractivity contribution is 0.584. The summed E-state index contributed by atoms with van der Waals surface area (Å²) in [5.41, 5.74) is 2.83. The van der Waals surface area contributed by atoms with Crippen LogP contribution in [0, 0.1) is 0 Å². The van der Waals surface area contributed by atoms with Gasteiger partial charge >= 0.3 is 0 Å². The number of hydrogen-bond acceptors (Lipinski definition) is 3. The predicted molar refractivity (Wildman–Crippen MR) is 80.0 cm³/mol. The Balaban J connectivity index is 1.54. The Bertz CT molecular complexity index is 572. The summed E-state index contributed by atoms with van der Waals surface area (Å²) in [6, 6.07) is 11.6. The first kappa shape index (κ1) is 11.5. The molecule has 3 heteroatoms. The van der Waals surface area contributed by atoms with Gasteiger partial charge in [0.1, 0.15) is 0 Å². The Morgan fingerprint density at radius 3 is 2.74 bits per heavy atom. The molecule has 98 valence electrons. The highest BCUT2D eigenvalue weighted by molar-refractivity contribution is 7.15. The number of fused-ring (bicyclic) bond motifs is 1. The summed E-state index contributed by atoms with van der Waals surface area (Å²) in [4.78, 5) is 6.27. The molecule has 1 fully saturated rings. The number of nitrogens with one attached hydrogen (secondary N) is 1. The van der Waals surface area contributed by atoms with Crippen LogP contribution in [-0.4, -0.2) is 11.0 Å². The van der Waals surface area contributed by atoms with E-state index in [1.54, 1.807) is 0 Å². The number of benzene rings is 1. The lowest BCUT2D eigenvalue weighted by Crippen LogP contribution is -2.11. The van der Waals surface area contributed by atoms with Crippen LogP contribution in [0.5, 0.6) is 0 Å². The van der Waals surface area contributed by atoms with Gasteiger partial charge in [0, 0.05) is 10.9 Å². The molecule has 1 saturated carbocycles. The van der Waals surface area contributed by atoms with E-state index in [1.165, 1.54) is 41.8 Å². The van der Waals surface area contributed by atoms with Crippen molar-refractivity contribution in [2.45, 2.75) is 44.1 Å². The molecule has 1 unspecified atom stereocenters. The summed E-state index contributed by atoms with van der Waals surface area (Å²) >= 11 is 1.88. The van der Waals surface area contributed by atoms with Gasteiger partial charge in [0.25, 0.3) is 0 Å². The Morgan fingerprint density at radius 2 is 1.95 bits per heavy atom. The molecular formula is C16H18N2S. The molecule has 0 saturated heterocycles. The Morgan fingerprint density at radius 1 is 1.11 bits per heavy atom. The van der Waals surface area contributed by atoms with Gasteiger partial charge in [0.05, 0.1) is 5.69 Å². The zero-order valence-corrected chi connectivity index (χ0v) is 11.7. The van der Waals surface area contributed by atoms with E-state index in [2.05, 4.69) is 35.6 Å². The van der Waals surface area contributed by atoms with E-state index < -0.39 is 0 Å². The van der Waals surface area contributed by atoms with Crippen LogP contribution in [0.3, 0.4) is 0 Å². The van der Waals surface area contributed by atoms with Crippen LogP contribution in [0.2, 0.25) is 0 Å². The number of hydrogen-bond donors (Lipinski definition) is 1. The molecule has 0 bridgehead atoms. The third-order valence-corrected chi connectivity index (χ3v) is 5.17. The summed E-state index contributed by atoms with van der Waals surface area (Å²) in [6.45, 7) is 0. The quantitative estimate of drug-likeness (QED) is 0.912. The molecule has 4 rings (SSSR count). The highest BCUT2D eigenvalue weighted by Crippen LogP contribution is 2.38. The van der Waals surface area contributed by atoms with Gasteiger partial charge in [-0.25, -0.2) is 4.98 Å². The zero-order chi connectivity index (χ0) is 12.7. The number of aryl methyl sites for hydroxylation is 1. The predicted octanol–water partition coefficient (Wildman–Crippen LogP) is 3.99. The average Bonchev–Trinajstić information content (AvgIpc) is 3.17. The first-order valence-corrected chi connectivity index (χ1v) is 8.00. The Hall–Kier alpha value is -1.35. The number of aromatic nitrogens is 1. The SMILES string of the molecule is c1ccc(C2CCc3nc(NC4CC4)sc3C2)cc1.